The second-order valence-corrected chi connectivity index (χ2v) is 2.64. The molecule has 5 heteroatoms. The molecule has 62 valence electrons. The van der Waals surface area contributed by atoms with Gasteiger partial charge in [0.2, 0.25) is 5.91 Å². The first-order chi connectivity index (χ1) is 5.04. The summed E-state index contributed by atoms with van der Waals surface area (Å²) in [6, 6.07) is -0.793. The molecule has 1 aliphatic rings. The fourth-order valence-electron chi connectivity index (χ4n) is 1.04. The maximum Gasteiger partial charge on any atom is 0.321 e. The highest BCUT2D eigenvalue weighted by atomic mass is 16.3. The number of carbonyl (C=O) groups excluding carboxylic acids is 2. The molecule has 3 amide bonds. The van der Waals surface area contributed by atoms with E-state index in [0.717, 1.165) is 4.90 Å². The van der Waals surface area contributed by atoms with Crippen LogP contribution in [0.1, 0.15) is 6.92 Å². The van der Waals surface area contributed by atoms with Crippen molar-refractivity contribution in [1.29, 1.82) is 0 Å². The standard InChI is InChI=1S/C6H10N2O3/c1-3-4(9)2-8(5(3)10)6(7)11/h3-4,9H,2H2,1H3,(H2,7,11)/t3?,4-/m1/s1. The normalized spacial score (nSPS) is 31.1. The zero-order valence-corrected chi connectivity index (χ0v) is 6.15. The predicted octanol–water partition coefficient (Wildman–Crippen LogP) is -1.10. The Morgan fingerprint density at radius 1 is 1.82 bits per heavy atom. The summed E-state index contributed by atoms with van der Waals surface area (Å²) in [6.07, 6.45) is -0.769. The van der Waals surface area contributed by atoms with Crippen molar-refractivity contribution < 1.29 is 14.7 Å². The molecule has 2 atom stereocenters. The number of aliphatic hydroxyl groups is 1. The highest BCUT2D eigenvalue weighted by Crippen LogP contribution is 2.16. The van der Waals surface area contributed by atoms with Crippen LogP contribution in [0, 0.1) is 5.92 Å². The molecule has 1 unspecified atom stereocenters. The summed E-state index contributed by atoms with van der Waals surface area (Å²) >= 11 is 0. The fraction of sp³-hybridized carbons (Fsp3) is 0.667. The first-order valence-corrected chi connectivity index (χ1v) is 3.33. The van der Waals surface area contributed by atoms with Gasteiger partial charge in [0.15, 0.2) is 0 Å². The molecular formula is C6H10N2O3. The van der Waals surface area contributed by atoms with Crippen molar-refractivity contribution in [2.75, 3.05) is 6.54 Å². The summed E-state index contributed by atoms with van der Waals surface area (Å²) in [5.41, 5.74) is 4.87. The number of amides is 3. The molecule has 5 nitrogen and oxygen atoms in total. The van der Waals surface area contributed by atoms with Gasteiger partial charge in [-0.3, -0.25) is 9.69 Å². The molecule has 0 radical (unpaired) electrons. The van der Waals surface area contributed by atoms with Crippen LogP contribution in [-0.2, 0) is 4.79 Å². The number of primary amides is 1. The average Bonchev–Trinajstić information content (AvgIpc) is 2.17. The molecular weight excluding hydrogens is 148 g/mol. The van der Waals surface area contributed by atoms with E-state index >= 15 is 0 Å². The molecule has 1 aliphatic heterocycles. The van der Waals surface area contributed by atoms with E-state index in [2.05, 4.69) is 0 Å². The van der Waals surface area contributed by atoms with E-state index in [9.17, 15) is 9.59 Å². The number of hydrogen-bond donors (Lipinski definition) is 2. The number of nitrogens with two attached hydrogens (primary N) is 1. The number of hydrogen-bond acceptors (Lipinski definition) is 3. The summed E-state index contributed by atoms with van der Waals surface area (Å²) in [4.78, 5) is 22.4. The number of rotatable bonds is 0. The molecule has 0 bridgehead atoms. The van der Waals surface area contributed by atoms with Crippen LogP contribution < -0.4 is 5.73 Å². The first kappa shape index (κ1) is 8.00. The fourth-order valence-corrected chi connectivity index (χ4v) is 1.04. The lowest BCUT2D eigenvalue weighted by Crippen LogP contribution is -2.37. The van der Waals surface area contributed by atoms with Crippen LogP contribution in [0.4, 0.5) is 4.79 Å². The molecule has 0 aromatic carbocycles. The monoisotopic (exact) mass is 158 g/mol. The van der Waals surface area contributed by atoms with E-state index in [0.29, 0.717) is 0 Å². The summed E-state index contributed by atoms with van der Waals surface area (Å²) in [5, 5.41) is 9.12. The topological polar surface area (TPSA) is 83.6 Å². The van der Waals surface area contributed by atoms with Crippen LogP contribution in [0.25, 0.3) is 0 Å². The van der Waals surface area contributed by atoms with Crippen molar-refractivity contribution >= 4 is 11.9 Å². The van der Waals surface area contributed by atoms with Gasteiger partial charge < -0.3 is 10.8 Å². The molecule has 0 saturated carbocycles. The van der Waals surface area contributed by atoms with Crippen molar-refractivity contribution in [1.82, 2.24) is 4.90 Å². The van der Waals surface area contributed by atoms with Crippen LogP contribution >= 0.6 is 0 Å². The molecule has 0 aliphatic carbocycles. The van der Waals surface area contributed by atoms with Gasteiger partial charge >= 0.3 is 6.03 Å². The third-order valence-electron chi connectivity index (χ3n) is 1.87. The van der Waals surface area contributed by atoms with Gasteiger partial charge in [0.25, 0.3) is 0 Å². The second-order valence-electron chi connectivity index (χ2n) is 2.64. The Hall–Kier alpha value is -1.10. The Labute approximate surface area is 63.8 Å². The van der Waals surface area contributed by atoms with Gasteiger partial charge in [-0.1, -0.05) is 6.92 Å². The third kappa shape index (κ3) is 1.19. The number of carbonyl (C=O) groups is 2. The minimum absolute atomic E-state index is 0.0231. The van der Waals surface area contributed by atoms with Crippen molar-refractivity contribution in [2.45, 2.75) is 13.0 Å². The first-order valence-electron chi connectivity index (χ1n) is 3.33. The Bertz CT molecular complexity index is 204. The average molecular weight is 158 g/mol. The largest absolute Gasteiger partial charge is 0.390 e. The number of nitrogens with zero attached hydrogens (tertiary/aromatic N) is 1. The molecule has 1 heterocycles. The van der Waals surface area contributed by atoms with Crippen LogP contribution in [0.15, 0.2) is 0 Å². The minimum atomic E-state index is -0.793. The lowest BCUT2D eigenvalue weighted by atomic mass is 10.1. The zero-order chi connectivity index (χ0) is 8.59. The van der Waals surface area contributed by atoms with Crippen molar-refractivity contribution in [3.8, 4) is 0 Å². The molecule has 1 fully saturated rings. The lowest BCUT2D eigenvalue weighted by Gasteiger charge is -2.08. The third-order valence-corrected chi connectivity index (χ3v) is 1.87. The Kier molecular flexibility index (Phi) is 1.82. The van der Waals surface area contributed by atoms with Gasteiger partial charge in [-0.15, -0.1) is 0 Å². The van der Waals surface area contributed by atoms with Gasteiger partial charge in [0.1, 0.15) is 0 Å². The molecule has 0 aromatic heterocycles. The summed E-state index contributed by atoms with van der Waals surface area (Å²) < 4.78 is 0. The van der Waals surface area contributed by atoms with E-state index in [1.54, 1.807) is 6.92 Å². The molecule has 0 spiro atoms. The van der Waals surface area contributed by atoms with Crippen molar-refractivity contribution in [3.63, 3.8) is 0 Å². The molecule has 1 rings (SSSR count). The van der Waals surface area contributed by atoms with E-state index in [1.165, 1.54) is 0 Å². The highest BCUT2D eigenvalue weighted by Gasteiger charge is 2.38. The van der Waals surface area contributed by atoms with E-state index < -0.39 is 24.0 Å². The quantitative estimate of drug-likeness (QED) is 0.469. The van der Waals surface area contributed by atoms with Gasteiger partial charge in [-0.25, -0.2) is 4.79 Å². The second kappa shape index (κ2) is 2.50. The summed E-state index contributed by atoms with van der Waals surface area (Å²) in [7, 11) is 0. The molecule has 3 N–H and O–H groups in total. The zero-order valence-electron chi connectivity index (χ0n) is 6.15. The number of likely N-dealkylation sites (tertiary alicyclic amines) is 1. The van der Waals surface area contributed by atoms with Crippen molar-refractivity contribution in [3.05, 3.63) is 0 Å². The number of aliphatic hydroxyl groups excluding tert-OH is 1. The van der Waals surface area contributed by atoms with Gasteiger partial charge in [0.05, 0.1) is 18.6 Å². The molecule has 1 saturated heterocycles. The number of urea groups is 1. The van der Waals surface area contributed by atoms with Crippen molar-refractivity contribution in [2.24, 2.45) is 11.7 Å². The lowest BCUT2D eigenvalue weighted by molar-refractivity contribution is -0.128. The van der Waals surface area contributed by atoms with E-state index in [1.807, 2.05) is 0 Å². The Morgan fingerprint density at radius 3 is 2.55 bits per heavy atom. The SMILES string of the molecule is CC1C(=O)N(C(N)=O)C[C@H]1O. The van der Waals surface area contributed by atoms with Gasteiger partial charge in [-0.2, -0.15) is 0 Å². The van der Waals surface area contributed by atoms with Gasteiger partial charge in [0, 0.05) is 0 Å². The maximum atomic E-state index is 11.0. The van der Waals surface area contributed by atoms with E-state index in [-0.39, 0.29) is 6.54 Å². The van der Waals surface area contributed by atoms with Crippen LogP contribution in [-0.4, -0.2) is 34.6 Å². The molecule has 11 heavy (non-hydrogen) atoms. The van der Waals surface area contributed by atoms with Crippen LogP contribution in [0.5, 0.6) is 0 Å². The Morgan fingerprint density at radius 2 is 2.36 bits per heavy atom. The van der Waals surface area contributed by atoms with Crippen LogP contribution in [0.2, 0.25) is 0 Å². The van der Waals surface area contributed by atoms with Gasteiger partial charge in [-0.05, 0) is 0 Å². The predicted molar refractivity (Wildman–Crippen MR) is 36.5 cm³/mol. The highest BCUT2D eigenvalue weighted by molar-refractivity contribution is 5.96. The van der Waals surface area contributed by atoms with E-state index in [4.69, 9.17) is 10.8 Å². The smallest absolute Gasteiger partial charge is 0.321 e. The summed E-state index contributed by atoms with van der Waals surface area (Å²) in [5.74, 6) is -0.910. The summed E-state index contributed by atoms with van der Waals surface area (Å²) in [6.45, 7) is 1.59. The number of imide groups is 1. The Balaban J connectivity index is 2.75. The molecule has 0 aromatic rings. The minimum Gasteiger partial charge on any atom is -0.390 e. The number of β-amino-alcohol motifs (C(OH)–C–C–N with tert-alkyl or cyclic N) is 1. The van der Waals surface area contributed by atoms with Crippen LogP contribution in [0.3, 0.4) is 0 Å². The maximum absolute atomic E-state index is 11.0.